The van der Waals surface area contributed by atoms with Crippen molar-refractivity contribution in [2.75, 3.05) is 13.1 Å². The van der Waals surface area contributed by atoms with Crippen LogP contribution in [0.15, 0.2) is 77.1 Å². The molecule has 2 aromatic rings. The van der Waals surface area contributed by atoms with Crippen LogP contribution in [0.25, 0.3) is 0 Å². The second kappa shape index (κ2) is 11.6. The minimum atomic E-state index is -1.12. The van der Waals surface area contributed by atoms with Gasteiger partial charge >= 0.3 is 0 Å². The molecule has 4 rings (SSSR count). The number of halogens is 1. The standard InChI is InChI=1S/C29H30ClN3O5/c1-29(2,38-23-13-9-20(10-14-23)26(35)19-7-11-21(30)12-8-19)28(37)33-17-15-22(16-18-33)31-32-27(36)24-5-3-4-6-25(24)34/h3,5,7-14,34H,4,6,15-18H2,1-2H3,(H,32,36). The van der Waals surface area contributed by atoms with Crippen molar-refractivity contribution in [3.8, 4) is 5.75 Å². The van der Waals surface area contributed by atoms with E-state index in [4.69, 9.17) is 16.3 Å². The highest BCUT2D eigenvalue weighted by Gasteiger charge is 2.35. The zero-order valence-corrected chi connectivity index (χ0v) is 22.1. The molecule has 0 unspecified atom stereocenters. The van der Waals surface area contributed by atoms with Gasteiger partial charge in [-0.3, -0.25) is 14.4 Å². The van der Waals surface area contributed by atoms with Gasteiger partial charge < -0.3 is 14.7 Å². The molecule has 1 aliphatic carbocycles. The molecule has 1 saturated heterocycles. The topological polar surface area (TPSA) is 108 Å². The van der Waals surface area contributed by atoms with Crippen molar-refractivity contribution in [2.24, 2.45) is 5.10 Å². The maximum Gasteiger partial charge on any atom is 0.274 e. The van der Waals surface area contributed by atoms with Gasteiger partial charge in [-0.05, 0) is 74.9 Å². The maximum absolute atomic E-state index is 13.2. The first kappa shape index (κ1) is 27.1. The van der Waals surface area contributed by atoms with Gasteiger partial charge in [0.05, 0.1) is 5.57 Å². The number of ketones is 1. The number of amides is 2. The van der Waals surface area contributed by atoms with E-state index in [2.05, 4.69) is 10.5 Å². The highest BCUT2D eigenvalue weighted by Crippen LogP contribution is 2.24. The van der Waals surface area contributed by atoms with Gasteiger partial charge in [-0.2, -0.15) is 5.10 Å². The molecule has 0 atom stereocenters. The monoisotopic (exact) mass is 535 g/mol. The summed E-state index contributed by atoms with van der Waals surface area (Å²) in [5, 5.41) is 14.7. The fourth-order valence-corrected chi connectivity index (χ4v) is 4.42. The van der Waals surface area contributed by atoms with Crippen molar-refractivity contribution in [1.82, 2.24) is 10.3 Å². The van der Waals surface area contributed by atoms with Gasteiger partial charge in [-0.25, -0.2) is 5.43 Å². The number of hydrogen-bond acceptors (Lipinski definition) is 6. The molecule has 1 fully saturated rings. The van der Waals surface area contributed by atoms with Crippen LogP contribution in [0, 0.1) is 0 Å². The minimum Gasteiger partial charge on any atom is -0.511 e. The van der Waals surface area contributed by atoms with Crippen molar-refractivity contribution >= 4 is 34.9 Å². The molecular weight excluding hydrogens is 506 g/mol. The number of hydrogen-bond donors (Lipinski definition) is 2. The number of nitrogens with zero attached hydrogens (tertiary/aromatic N) is 2. The lowest BCUT2D eigenvalue weighted by molar-refractivity contribution is -0.145. The van der Waals surface area contributed by atoms with E-state index in [1.807, 2.05) is 6.08 Å². The van der Waals surface area contributed by atoms with Crippen LogP contribution in [-0.2, 0) is 9.59 Å². The second-order valence-corrected chi connectivity index (χ2v) is 10.1. The zero-order valence-electron chi connectivity index (χ0n) is 21.4. The Morgan fingerprint density at radius 1 is 0.974 bits per heavy atom. The van der Waals surface area contributed by atoms with E-state index >= 15 is 0 Å². The van der Waals surface area contributed by atoms with E-state index in [1.54, 1.807) is 73.4 Å². The molecule has 2 aromatic carbocycles. The van der Waals surface area contributed by atoms with E-state index in [0.717, 1.165) is 5.71 Å². The number of carbonyl (C=O) groups excluding carboxylic acids is 3. The predicted molar refractivity (Wildman–Crippen MR) is 145 cm³/mol. The first-order chi connectivity index (χ1) is 18.1. The SMILES string of the molecule is CC(C)(Oc1ccc(C(=O)c2ccc(Cl)cc2)cc1)C(=O)N1CCC(=NNC(=O)C2=C(O)CCC=C2)CC1. The molecule has 38 heavy (non-hydrogen) atoms. The summed E-state index contributed by atoms with van der Waals surface area (Å²) in [7, 11) is 0. The Balaban J connectivity index is 1.30. The second-order valence-electron chi connectivity index (χ2n) is 9.69. The Morgan fingerprint density at radius 2 is 1.58 bits per heavy atom. The number of rotatable bonds is 7. The third-order valence-electron chi connectivity index (χ3n) is 6.44. The molecule has 1 heterocycles. The first-order valence-corrected chi connectivity index (χ1v) is 12.8. The minimum absolute atomic E-state index is 0.0654. The van der Waals surface area contributed by atoms with Crippen molar-refractivity contribution in [3.63, 3.8) is 0 Å². The molecular formula is C29H30ClN3O5. The summed E-state index contributed by atoms with van der Waals surface area (Å²) < 4.78 is 6.01. The number of ether oxygens (including phenoxy) is 1. The average molecular weight is 536 g/mol. The van der Waals surface area contributed by atoms with Crippen molar-refractivity contribution in [2.45, 2.75) is 45.1 Å². The molecule has 0 radical (unpaired) electrons. The number of aliphatic hydroxyl groups is 1. The normalized spacial score (nSPS) is 15.8. The average Bonchev–Trinajstić information content (AvgIpc) is 2.92. The van der Waals surface area contributed by atoms with Crippen LogP contribution in [0.1, 0.15) is 55.5 Å². The molecule has 0 saturated carbocycles. The molecule has 2 N–H and O–H groups in total. The molecule has 8 nitrogen and oxygen atoms in total. The van der Waals surface area contributed by atoms with Crippen LogP contribution < -0.4 is 10.2 Å². The third-order valence-corrected chi connectivity index (χ3v) is 6.69. The Kier molecular flexibility index (Phi) is 8.32. The molecule has 198 valence electrons. The van der Waals surface area contributed by atoms with E-state index in [1.165, 1.54) is 0 Å². The molecule has 0 aromatic heterocycles. The molecule has 9 heteroatoms. The summed E-state index contributed by atoms with van der Waals surface area (Å²) in [4.78, 5) is 39.9. The highest BCUT2D eigenvalue weighted by atomic mass is 35.5. The van der Waals surface area contributed by atoms with Crippen LogP contribution >= 0.6 is 11.6 Å². The summed E-state index contributed by atoms with van der Waals surface area (Å²) in [6.45, 7) is 4.32. The molecule has 1 aliphatic heterocycles. The van der Waals surface area contributed by atoms with E-state index < -0.39 is 11.5 Å². The first-order valence-electron chi connectivity index (χ1n) is 12.5. The summed E-state index contributed by atoms with van der Waals surface area (Å²) >= 11 is 5.90. The van der Waals surface area contributed by atoms with Gasteiger partial charge in [0.2, 0.25) is 0 Å². The summed E-state index contributed by atoms with van der Waals surface area (Å²) in [6.07, 6.45) is 5.62. The van der Waals surface area contributed by atoms with Crippen LogP contribution in [-0.4, -0.2) is 52.0 Å². The van der Waals surface area contributed by atoms with E-state index in [0.29, 0.717) is 60.7 Å². The van der Waals surface area contributed by atoms with Gasteiger partial charge in [0, 0.05) is 54.2 Å². The van der Waals surface area contributed by atoms with Crippen molar-refractivity contribution in [3.05, 3.63) is 88.2 Å². The Hall–Kier alpha value is -3.91. The lowest BCUT2D eigenvalue weighted by atomic mass is 10.0. The number of likely N-dealkylation sites (tertiary alicyclic amines) is 1. The third kappa shape index (κ3) is 6.50. The van der Waals surface area contributed by atoms with Gasteiger partial charge in [-0.1, -0.05) is 17.7 Å². The summed E-state index contributed by atoms with van der Waals surface area (Å²) in [6, 6.07) is 13.4. The van der Waals surface area contributed by atoms with Crippen LogP contribution in [0.5, 0.6) is 5.75 Å². The number of carbonyl (C=O) groups is 3. The summed E-state index contributed by atoms with van der Waals surface area (Å²) in [5.41, 5.74) is 3.43. The Morgan fingerprint density at radius 3 is 2.18 bits per heavy atom. The fraction of sp³-hybridized carbons (Fsp3) is 0.310. The summed E-state index contributed by atoms with van der Waals surface area (Å²) in [5.74, 6) is -0.193. The lowest BCUT2D eigenvalue weighted by Gasteiger charge is -2.34. The maximum atomic E-state index is 13.2. The van der Waals surface area contributed by atoms with Crippen LogP contribution in [0.2, 0.25) is 5.02 Å². The molecule has 0 bridgehead atoms. The molecule has 2 amide bonds. The number of benzene rings is 2. The number of allylic oxidation sites excluding steroid dienone is 2. The highest BCUT2D eigenvalue weighted by molar-refractivity contribution is 6.30. The van der Waals surface area contributed by atoms with E-state index in [-0.39, 0.29) is 23.0 Å². The molecule has 0 spiro atoms. The van der Waals surface area contributed by atoms with Crippen molar-refractivity contribution in [1.29, 1.82) is 0 Å². The van der Waals surface area contributed by atoms with Gasteiger partial charge in [0.25, 0.3) is 11.8 Å². The smallest absolute Gasteiger partial charge is 0.274 e. The predicted octanol–water partition coefficient (Wildman–Crippen LogP) is 4.99. The quantitative estimate of drug-likeness (QED) is 0.384. The number of nitrogens with one attached hydrogen (secondary N) is 1. The Bertz CT molecular complexity index is 1300. The zero-order chi connectivity index (χ0) is 27.3. The number of piperidine rings is 1. The lowest BCUT2D eigenvalue weighted by Crippen LogP contribution is -2.51. The largest absolute Gasteiger partial charge is 0.511 e. The fourth-order valence-electron chi connectivity index (χ4n) is 4.29. The number of hydrazone groups is 1. The van der Waals surface area contributed by atoms with Gasteiger partial charge in [0.15, 0.2) is 11.4 Å². The van der Waals surface area contributed by atoms with E-state index in [9.17, 15) is 19.5 Å². The molecule has 2 aliphatic rings. The van der Waals surface area contributed by atoms with Gasteiger partial charge in [-0.15, -0.1) is 0 Å². The number of aliphatic hydroxyl groups excluding tert-OH is 1. The van der Waals surface area contributed by atoms with Gasteiger partial charge in [0.1, 0.15) is 11.5 Å². The van der Waals surface area contributed by atoms with Crippen molar-refractivity contribution < 1.29 is 24.2 Å². The Labute approximate surface area is 226 Å². The van der Waals surface area contributed by atoms with Crippen LogP contribution in [0.4, 0.5) is 0 Å². The van der Waals surface area contributed by atoms with Crippen LogP contribution in [0.3, 0.4) is 0 Å².